The van der Waals surface area contributed by atoms with Crippen LogP contribution in [0, 0.1) is 5.41 Å². The highest BCUT2D eigenvalue weighted by molar-refractivity contribution is 6.77. The summed E-state index contributed by atoms with van der Waals surface area (Å²) in [5.41, 5.74) is 0.928. The molecule has 0 aliphatic rings. The van der Waals surface area contributed by atoms with Crippen LogP contribution in [0.1, 0.15) is 89.0 Å². The summed E-state index contributed by atoms with van der Waals surface area (Å²) in [7, 11) is -1.89. The Hall–Kier alpha value is -0.883. The molecule has 0 rings (SSSR count). The zero-order valence-corrected chi connectivity index (χ0v) is 21.1. The minimum absolute atomic E-state index is 0.133. The quantitative estimate of drug-likeness (QED) is 0.328. The maximum atomic E-state index is 12.0. The van der Waals surface area contributed by atoms with E-state index in [1.807, 2.05) is 0 Å². The van der Waals surface area contributed by atoms with E-state index in [2.05, 4.69) is 60.7 Å². The molecule has 0 radical (unpaired) electrons. The molecule has 166 valence electrons. The van der Waals surface area contributed by atoms with Crippen molar-refractivity contribution in [3.05, 3.63) is 0 Å². The van der Waals surface area contributed by atoms with E-state index in [9.17, 15) is 9.59 Å². The van der Waals surface area contributed by atoms with Crippen LogP contribution in [0.3, 0.4) is 0 Å². The summed E-state index contributed by atoms with van der Waals surface area (Å²) < 4.78 is 11.9. The lowest BCUT2D eigenvalue weighted by atomic mass is 9.83. The summed E-state index contributed by atoms with van der Waals surface area (Å²) >= 11 is 0. The van der Waals surface area contributed by atoms with Crippen molar-refractivity contribution >= 4 is 20.7 Å². The lowest BCUT2D eigenvalue weighted by Gasteiger charge is -2.43. The monoisotopic (exact) mass is 415 g/mol. The Kier molecular flexibility index (Phi) is 10.4. The Labute approximate surface area is 174 Å². The first-order valence-electron chi connectivity index (χ1n) is 10.7. The highest BCUT2D eigenvalue weighted by Crippen LogP contribution is 2.42. The highest BCUT2D eigenvalue weighted by Gasteiger charge is 2.45. The SMILES string of the molecule is CC(C)[Si](OCCC(C)(C)C[C@@H](C=O)NC(=O)OC(C)(C)C)(C(C)C)C(C)C. The predicted molar refractivity (Wildman–Crippen MR) is 119 cm³/mol. The molecule has 1 atom stereocenters. The van der Waals surface area contributed by atoms with Gasteiger partial charge in [0.05, 0.1) is 6.04 Å². The minimum atomic E-state index is -1.89. The van der Waals surface area contributed by atoms with Crippen molar-refractivity contribution in [3.63, 3.8) is 0 Å². The van der Waals surface area contributed by atoms with E-state index in [4.69, 9.17) is 9.16 Å². The normalized spacial score (nSPS) is 14.5. The standard InChI is InChI=1S/C22H45NO4Si/c1-16(2)28(17(3)4,18(5)6)26-13-12-22(10,11)14-19(15-24)23-20(25)27-21(7,8)9/h15-19H,12-14H2,1-11H3,(H,23,25)/t19-/m0/s1. The van der Waals surface area contributed by atoms with Crippen LogP contribution in [0.25, 0.3) is 0 Å². The number of hydrogen-bond acceptors (Lipinski definition) is 4. The molecule has 6 heteroatoms. The molecule has 0 heterocycles. The van der Waals surface area contributed by atoms with Crippen molar-refractivity contribution in [1.82, 2.24) is 5.32 Å². The third kappa shape index (κ3) is 8.64. The Morgan fingerprint density at radius 3 is 1.79 bits per heavy atom. The minimum Gasteiger partial charge on any atom is -0.444 e. The van der Waals surface area contributed by atoms with Crippen LogP contribution < -0.4 is 5.32 Å². The maximum absolute atomic E-state index is 12.0. The fraction of sp³-hybridized carbons (Fsp3) is 0.909. The zero-order chi connectivity index (χ0) is 22.3. The molecule has 0 aliphatic carbocycles. The molecule has 0 unspecified atom stereocenters. The molecule has 0 spiro atoms. The van der Waals surface area contributed by atoms with Gasteiger partial charge in [0.1, 0.15) is 11.9 Å². The molecule has 0 saturated carbocycles. The van der Waals surface area contributed by atoms with Crippen molar-refractivity contribution in [3.8, 4) is 0 Å². The number of nitrogens with one attached hydrogen (secondary N) is 1. The molecule has 0 saturated heterocycles. The number of alkyl carbamates (subject to hydrolysis) is 1. The number of amides is 1. The van der Waals surface area contributed by atoms with Crippen molar-refractivity contribution in [2.45, 2.75) is 117 Å². The third-order valence-corrected chi connectivity index (χ3v) is 11.6. The molecule has 28 heavy (non-hydrogen) atoms. The number of rotatable bonds is 11. The average Bonchev–Trinajstić information content (AvgIpc) is 2.47. The van der Waals surface area contributed by atoms with E-state index in [0.29, 0.717) is 29.7 Å². The second-order valence-electron chi connectivity index (χ2n) is 10.7. The van der Waals surface area contributed by atoms with Gasteiger partial charge in [-0.15, -0.1) is 0 Å². The Balaban J connectivity index is 4.90. The number of carbonyl (C=O) groups is 2. The summed E-state index contributed by atoms with van der Waals surface area (Å²) in [6.45, 7) is 24.0. The van der Waals surface area contributed by atoms with Crippen molar-refractivity contribution in [2.24, 2.45) is 5.41 Å². The first-order valence-corrected chi connectivity index (χ1v) is 12.8. The summed E-state index contributed by atoms with van der Waals surface area (Å²) in [5.74, 6) is 0. The molecule has 5 nitrogen and oxygen atoms in total. The van der Waals surface area contributed by atoms with Crippen LogP contribution in [0.4, 0.5) is 4.79 Å². The number of carbonyl (C=O) groups excluding carboxylic acids is 2. The van der Waals surface area contributed by atoms with E-state index in [-0.39, 0.29) is 5.41 Å². The van der Waals surface area contributed by atoms with Crippen LogP contribution in [-0.2, 0) is 14.0 Å². The molecule has 0 bridgehead atoms. The van der Waals surface area contributed by atoms with Gasteiger partial charge >= 0.3 is 6.09 Å². The lowest BCUT2D eigenvalue weighted by Crippen LogP contribution is -2.48. The van der Waals surface area contributed by atoms with Crippen molar-refractivity contribution < 1.29 is 18.8 Å². The average molecular weight is 416 g/mol. The fourth-order valence-corrected chi connectivity index (χ4v) is 9.75. The molecule has 0 aromatic carbocycles. The van der Waals surface area contributed by atoms with Gasteiger partial charge in [-0.05, 0) is 55.7 Å². The predicted octanol–water partition coefficient (Wildman–Crippen LogP) is 6.08. The van der Waals surface area contributed by atoms with Crippen molar-refractivity contribution in [2.75, 3.05) is 6.61 Å². The number of ether oxygens (including phenoxy) is 1. The summed E-state index contributed by atoms with van der Waals surface area (Å²) in [5, 5.41) is 2.68. The second-order valence-corrected chi connectivity index (χ2v) is 16.1. The second kappa shape index (κ2) is 10.8. The zero-order valence-electron chi connectivity index (χ0n) is 20.1. The smallest absolute Gasteiger partial charge is 0.408 e. The molecular formula is C22H45NO4Si. The first kappa shape index (κ1) is 27.1. The first-order chi connectivity index (χ1) is 12.6. The van der Waals surface area contributed by atoms with Gasteiger partial charge in [-0.1, -0.05) is 55.4 Å². The molecule has 0 aliphatic heterocycles. The Bertz CT molecular complexity index is 473. The molecule has 0 aromatic rings. The molecule has 0 fully saturated rings. The van der Waals surface area contributed by atoms with Crippen LogP contribution in [0.5, 0.6) is 0 Å². The van der Waals surface area contributed by atoms with Gasteiger partial charge in [0, 0.05) is 6.61 Å². The number of hydrogen-bond donors (Lipinski definition) is 1. The highest BCUT2D eigenvalue weighted by atomic mass is 28.4. The van der Waals surface area contributed by atoms with Gasteiger partial charge in [0.25, 0.3) is 0 Å². The topological polar surface area (TPSA) is 64.6 Å². The Morgan fingerprint density at radius 2 is 1.43 bits per heavy atom. The van der Waals surface area contributed by atoms with E-state index < -0.39 is 26.1 Å². The van der Waals surface area contributed by atoms with E-state index in [1.54, 1.807) is 20.8 Å². The van der Waals surface area contributed by atoms with Crippen LogP contribution in [-0.4, -0.2) is 38.9 Å². The third-order valence-electron chi connectivity index (χ3n) is 5.48. The molecular weight excluding hydrogens is 370 g/mol. The largest absolute Gasteiger partial charge is 0.444 e. The Morgan fingerprint density at radius 1 is 0.964 bits per heavy atom. The van der Waals surface area contributed by atoms with Crippen LogP contribution in [0.2, 0.25) is 16.6 Å². The van der Waals surface area contributed by atoms with Gasteiger partial charge in [0.15, 0.2) is 8.32 Å². The van der Waals surface area contributed by atoms with E-state index >= 15 is 0 Å². The lowest BCUT2D eigenvalue weighted by molar-refractivity contribution is -0.110. The van der Waals surface area contributed by atoms with Gasteiger partial charge < -0.3 is 19.3 Å². The van der Waals surface area contributed by atoms with Gasteiger partial charge in [-0.2, -0.15) is 0 Å². The molecule has 0 aromatic heterocycles. The summed E-state index contributed by atoms with van der Waals surface area (Å²) in [6, 6.07) is -0.563. The van der Waals surface area contributed by atoms with Gasteiger partial charge in [-0.25, -0.2) is 4.79 Å². The molecule has 1 amide bonds. The van der Waals surface area contributed by atoms with Gasteiger partial charge in [0.2, 0.25) is 0 Å². The van der Waals surface area contributed by atoms with E-state index in [1.165, 1.54) is 0 Å². The van der Waals surface area contributed by atoms with E-state index in [0.717, 1.165) is 12.7 Å². The number of aldehydes is 1. The van der Waals surface area contributed by atoms with Gasteiger partial charge in [-0.3, -0.25) is 0 Å². The molecule has 1 N–H and O–H groups in total. The maximum Gasteiger partial charge on any atom is 0.408 e. The van der Waals surface area contributed by atoms with Crippen LogP contribution in [0.15, 0.2) is 0 Å². The van der Waals surface area contributed by atoms with Crippen molar-refractivity contribution in [1.29, 1.82) is 0 Å². The summed E-state index contributed by atoms with van der Waals surface area (Å²) in [6.07, 6.45) is 1.64. The fourth-order valence-electron chi connectivity index (χ4n) is 4.29. The van der Waals surface area contributed by atoms with Crippen LogP contribution >= 0.6 is 0 Å². The summed E-state index contributed by atoms with van der Waals surface area (Å²) in [4.78, 5) is 23.5.